The van der Waals surface area contributed by atoms with E-state index in [9.17, 15) is 4.79 Å². The maximum Gasteiger partial charge on any atom is 0.287 e. The topological polar surface area (TPSA) is 40.9 Å². The molecular formula is C20H25N4O+. The zero-order chi connectivity index (χ0) is 17.1. The van der Waals surface area contributed by atoms with Crippen molar-refractivity contribution < 1.29 is 9.78 Å². The number of para-hydroxylation sites is 1. The lowest BCUT2D eigenvalue weighted by atomic mass is 10.2. The number of anilines is 2. The molecule has 130 valence electrons. The van der Waals surface area contributed by atoms with Crippen LogP contribution in [0, 0.1) is 0 Å². The number of pyridine rings is 1. The van der Waals surface area contributed by atoms with Gasteiger partial charge in [0.05, 0.1) is 19.3 Å². The molecule has 0 spiro atoms. The summed E-state index contributed by atoms with van der Waals surface area (Å²) in [5.74, 6) is 1.13. The number of nitrogens with zero attached hydrogens (tertiary/aromatic N) is 3. The first-order valence-corrected chi connectivity index (χ1v) is 9.18. The Morgan fingerprint density at radius 1 is 0.800 bits per heavy atom. The van der Waals surface area contributed by atoms with Crippen LogP contribution in [0.25, 0.3) is 0 Å². The number of aromatic nitrogens is 1. The van der Waals surface area contributed by atoms with Crippen LogP contribution in [-0.4, -0.2) is 50.1 Å². The lowest BCUT2D eigenvalue weighted by Crippen LogP contribution is -2.49. The van der Waals surface area contributed by atoms with E-state index in [-0.39, 0.29) is 5.91 Å². The number of carbonyl (C=O) groups excluding carboxylic acids is 1. The minimum absolute atomic E-state index is 0.145. The molecule has 1 amide bonds. The van der Waals surface area contributed by atoms with Gasteiger partial charge in [0.25, 0.3) is 11.7 Å². The number of rotatable bonds is 3. The molecule has 1 aromatic heterocycles. The summed E-state index contributed by atoms with van der Waals surface area (Å²) in [6, 6.07) is 14.3. The van der Waals surface area contributed by atoms with E-state index in [2.05, 4.69) is 39.0 Å². The first-order chi connectivity index (χ1) is 12.3. The van der Waals surface area contributed by atoms with Gasteiger partial charge in [0.1, 0.15) is 5.56 Å². The smallest absolute Gasteiger partial charge is 0.287 e. The summed E-state index contributed by atoms with van der Waals surface area (Å²) >= 11 is 0. The molecule has 2 saturated heterocycles. The highest BCUT2D eigenvalue weighted by molar-refractivity contribution is 5.98. The summed E-state index contributed by atoms with van der Waals surface area (Å²) in [7, 11) is 0. The molecule has 0 saturated carbocycles. The van der Waals surface area contributed by atoms with Crippen LogP contribution in [0.4, 0.5) is 11.5 Å². The van der Waals surface area contributed by atoms with Crippen LogP contribution in [0.5, 0.6) is 0 Å². The number of hydrogen-bond acceptors (Lipinski definition) is 3. The fourth-order valence-corrected chi connectivity index (χ4v) is 3.78. The Hall–Kier alpha value is -2.56. The van der Waals surface area contributed by atoms with E-state index in [4.69, 9.17) is 0 Å². The SMILES string of the molecule is O=C(c1ccc[nH+]c1N1CCCC1)N1CCN(c2ccccc2)CC1. The minimum Gasteiger partial charge on any atom is -0.368 e. The van der Waals surface area contributed by atoms with Crippen molar-refractivity contribution in [2.24, 2.45) is 0 Å². The first-order valence-electron chi connectivity index (χ1n) is 9.18. The van der Waals surface area contributed by atoms with E-state index in [1.165, 1.54) is 18.5 Å². The Balaban J connectivity index is 1.46. The van der Waals surface area contributed by atoms with E-state index in [0.29, 0.717) is 0 Å². The molecule has 5 nitrogen and oxygen atoms in total. The second kappa shape index (κ2) is 7.13. The third kappa shape index (κ3) is 3.31. The Morgan fingerprint density at radius 3 is 2.24 bits per heavy atom. The Morgan fingerprint density at radius 2 is 1.52 bits per heavy atom. The van der Waals surface area contributed by atoms with Crippen LogP contribution >= 0.6 is 0 Å². The van der Waals surface area contributed by atoms with Crippen molar-refractivity contribution in [3.8, 4) is 0 Å². The molecule has 2 fully saturated rings. The zero-order valence-electron chi connectivity index (χ0n) is 14.5. The highest BCUT2D eigenvalue weighted by atomic mass is 16.2. The van der Waals surface area contributed by atoms with Crippen molar-refractivity contribution in [3.05, 3.63) is 54.2 Å². The van der Waals surface area contributed by atoms with Crippen LogP contribution < -0.4 is 14.8 Å². The van der Waals surface area contributed by atoms with Crippen molar-refractivity contribution in [3.63, 3.8) is 0 Å². The molecule has 1 N–H and O–H groups in total. The van der Waals surface area contributed by atoms with Gasteiger partial charge in [0.15, 0.2) is 0 Å². The van der Waals surface area contributed by atoms with Gasteiger partial charge in [-0.2, -0.15) is 0 Å². The Labute approximate surface area is 148 Å². The molecule has 2 aliphatic heterocycles. The highest BCUT2D eigenvalue weighted by Crippen LogP contribution is 2.22. The second-order valence-electron chi connectivity index (χ2n) is 6.74. The molecule has 2 aliphatic rings. The average Bonchev–Trinajstić information content (AvgIpc) is 3.23. The summed E-state index contributed by atoms with van der Waals surface area (Å²) in [5, 5.41) is 0. The highest BCUT2D eigenvalue weighted by Gasteiger charge is 2.30. The molecule has 2 aromatic rings. The molecule has 0 unspecified atom stereocenters. The van der Waals surface area contributed by atoms with Crippen LogP contribution in [0.3, 0.4) is 0 Å². The fraction of sp³-hybridized carbons (Fsp3) is 0.400. The van der Waals surface area contributed by atoms with Gasteiger partial charge in [-0.3, -0.25) is 9.69 Å². The van der Waals surface area contributed by atoms with Gasteiger partial charge in [-0.25, -0.2) is 4.98 Å². The largest absolute Gasteiger partial charge is 0.368 e. The molecule has 0 bridgehead atoms. The normalized spacial score (nSPS) is 17.8. The molecule has 5 heteroatoms. The third-order valence-corrected chi connectivity index (χ3v) is 5.18. The maximum atomic E-state index is 13.1. The molecule has 3 heterocycles. The summed E-state index contributed by atoms with van der Waals surface area (Å²) in [4.78, 5) is 23.0. The average molecular weight is 337 g/mol. The van der Waals surface area contributed by atoms with Gasteiger partial charge in [0, 0.05) is 31.9 Å². The zero-order valence-corrected chi connectivity index (χ0v) is 14.5. The quantitative estimate of drug-likeness (QED) is 0.861. The van der Waals surface area contributed by atoms with Crippen molar-refractivity contribution >= 4 is 17.4 Å². The van der Waals surface area contributed by atoms with Gasteiger partial charge >= 0.3 is 0 Å². The summed E-state index contributed by atoms with van der Waals surface area (Å²) in [5.41, 5.74) is 2.04. The lowest BCUT2D eigenvalue weighted by Gasteiger charge is -2.36. The number of carbonyl (C=O) groups is 1. The van der Waals surface area contributed by atoms with Gasteiger partial charge in [-0.05, 0) is 37.1 Å². The maximum absolute atomic E-state index is 13.1. The molecule has 4 rings (SSSR count). The van der Waals surface area contributed by atoms with Crippen LogP contribution in [0.2, 0.25) is 0 Å². The summed E-state index contributed by atoms with van der Waals surface area (Å²) in [6.07, 6.45) is 4.32. The van der Waals surface area contributed by atoms with Crippen molar-refractivity contribution in [2.75, 3.05) is 49.1 Å². The number of H-pyrrole nitrogens is 1. The van der Waals surface area contributed by atoms with E-state index >= 15 is 0 Å². The van der Waals surface area contributed by atoms with Gasteiger partial charge in [-0.1, -0.05) is 18.2 Å². The predicted molar refractivity (Wildman–Crippen MR) is 99.0 cm³/mol. The monoisotopic (exact) mass is 337 g/mol. The van der Waals surface area contributed by atoms with Crippen LogP contribution in [0.1, 0.15) is 23.2 Å². The standard InChI is InChI=1S/C20H24N4O/c25-20(18-9-6-10-21-19(18)23-11-4-5-12-23)24-15-13-22(14-16-24)17-7-2-1-3-8-17/h1-3,6-10H,4-5,11-16H2/p+1. The molecule has 25 heavy (non-hydrogen) atoms. The summed E-state index contributed by atoms with van der Waals surface area (Å²) < 4.78 is 0. The second-order valence-corrected chi connectivity index (χ2v) is 6.74. The molecule has 0 radical (unpaired) electrons. The predicted octanol–water partition coefficient (Wildman–Crippen LogP) is 2.06. The number of nitrogens with one attached hydrogen (secondary N) is 1. The minimum atomic E-state index is 0.145. The molecule has 1 aromatic carbocycles. The summed E-state index contributed by atoms with van der Waals surface area (Å²) in [6.45, 7) is 5.35. The van der Waals surface area contributed by atoms with E-state index < -0.39 is 0 Å². The third-order valence-electron chi connectivity index (χ3n) is 5.18. The first kappa shape index (κ1) is 15.9. The fourth-order valence-electron chi connectivity index (χ4n) is 3.78. The Kier molecular flexibility index (Phi) is 4.55. The lowest BCUT2D eigenvalue weighted by molar-refractivity contribution is -0.364. The number of hydrogen-bond donors (Lipinski definition) is 0. The van der Waals surface area contributed by atoms with Gasteiger partial charge in [-0.15, -0.1) is 0 Å². The number of benzene rings is 1. The van der Waals surface area contributed by atoms with E-state index in [0.717, 1.165) is 50.6 Å². The van der Waals surface area contributed by atoms with Crippen molar-refractivity contribution in [2.45, 2.75) is 12.8 Å². The van der Waals surface area contributed by atoms with Gasteiger partial charge in [0.2, 0.25) is 0 Å². The Bertz CT molecular complexity index is 719. The van der Waals surface area contributed by atoms with Gasteiger partial charge < -0.3 is 9.80 Å². The molecular weight excluding hydrogens is 312 g/mol. The van der Waals surface area contributed by atoms with Crippen LogP contribution in [0.15, 0.2) is 48.7 Å². The van der Waals surface area contributed by atoms with Crippen molar-refractivity contribution in [1.29, 1.82) is 0 Å². The molecule has 0 atom stereocenters. The number of piperazine rings is 1. The van der Waals surface area contributed by atoms with Crippen molar-refractivity contribution in [1.82, 2.24) is 4.90 Å². The van der Waals surface area contributed by atoms with E-state index in [1.807, 2.05) is 29.3 Å². The van der Waals surface area contributed by atoms with Crippen LogP contribution in [-0.2, 0) is 0 Å². The van der Waals surface area contributed by atoms with E-state index in [1.54, 1.807) is 0 Å². The number of amides is 1. The molecule has 0 aliphatic carbocycles. The number of aromatic amines is 1.